The summed E-state index contributed by atoms with van der Waals surface area (Å²) in [6, 6.07) is 11.6. The molecular weight excluding hydrogens is 269 g/mol. The molecule has 0 saturated carbocycles. The summed E-state index contributed by atoms with van der Waals surface area (Å²) in [7, 11) is 0. The Morgan fingerprint density at radius 2 is 2.00 bits per heavy atom. The Hall–Kier alpha value is -2.49. The number of ether oxygens (including phenoxy) is 1. The lowest BCUT2D eigenvalue weighted by Crippen LogP contribution is -1.97. The Labute approximate surface area is 122 Å². The highest BCUT2D eigenvalue weighted by Gasteiger charge is 2.10. The Kier molecular flexibility index (Phi) is 3.52. The van der Waals surface area contributed by atoms with Crippen LogP contribution in [-0.4, -0.2) is 9.67 Å². The monoisotopic (exact) mass is 285 g/mol. The number of phenolic OH excluding ortho intramolecular Hbond substituents is 1. The van der Waals surface area contributed by atoms with Crippen LogP contribution in [0.25, 0.3) is 10.9 Å². The maximum absolute atomic E-state index is 13.6. The Morgan fingerprint density at radius 1 is 1.19 bits per heavy atom. The lowest BCUT2D eigenvalue weighted by molar-refractivity contribution is 0.291. The van der Waals surface area contributed by atoms with Gasteiger partial charge in [-0.1, -0.05) is 12.1 Å². The van der Waals surface area contributed by atoms with Crippen molar-refractivity contribution in [2.75, 3.05) is 0 Å². The number of hydrogen-bond donors (Lipinski definition) is 1. The Balaban J connectivity index is 1.93. The fraction of sp³-hybridized carbons (Fsp3) is 0.176. The maximum Gasteiger partial charge on any atom is 0.165 e. The highest BCUT2D eigenvalue weighted by atomic mass is 19.1. The van der Waals surface area contributed by atoms with Crippen LogP contribution >= 0.6 is 0 Å². The van der Waals surface area contributed by atoms with Gasteiger partial charge in [0.15, 0.2) is 11.6 Å². The second-order valence-corrected chi connectivity index (χ2v) is 4.86. The predicted molar refractivity (Wildman–Crippen MR) is 80.0 cm³/mol. The van der Waals surface area contributed by atoms with E-state index in [4.69, 9.17) is 4.74 Å². The molecule has 0 saturated heterocycles. The molecule has 2 aromatic carbocycles. The van der Waals surface area contributed by atoms with Crippen LogP contribution in [0.2, 0.25) is 0 Å². The second-order valence-electron chi connectivity index (χ2n) is 4.86. The van der Waals surface area contributed by atoms with Gasteiger partial charge in [0.05, 0.1) is 0 Å². The third-order valence-electron chi connectivity index (χ3n) is 3.51. The van der Waals surface area contributed by atoms with Gasteiger partial charge in [0.1, 0.15) is 12.4 Å². The molecule has 0 aliphatic heterocycles. The minimum absolute atomic E-state index is 0.212. The van der Waals surface area contributed by atoms with Crippen LogP contribution in [0.4, 0.5) is 4.39 Å². The van der Waals surface area contributed by atoms with Crippen molar-refractivity contribution in [3.63, 3.8) is 0 Å². The fourth-order valence-electron chi connectivity index (χ4n) is 2.45. The van der Waals surface area contributed by atoms with Gasteiger partial charge < -0.3 is 14.4 Å². The van der Waals surface area contributed by atoms with E-state index in [2.05, 4.69) is 4.57 Å². The molecule has 0 atom stereocenters. The molecule has 1 heterocycles. The second kappa shape index (κ2) is 5.48. The van der Waals surface area contributed by atoms with Crippen molar-refractivity contribution in [2.45, 2.75) is 20.1 Å². The summed E-state index contributed by atoms with van der Waals surface area (Å²) < 4.78 is 21.2. The molecule has 0 unspecified atom stereocenters. The van der Waals surface area contributed by atoms with E-state index in [1.54, 1.807) is 30.3 Å². The molecule has 4 heteroatoms. The number of benzene rings is 2. The smallest absolute Gasteiger partial charge is 0.165 e. The number of halogens is 1. The number of rotatable bonds is 4. The minimum Gasteiger partial charge on any atom is -0.508 e. The van der Waals surface area contributed by atoms with Gasteiger partial charge in [-0.2, -0.15) is 0 Å². The SMILES string of the molecule is CCn1cc(COc2ccccc2F)c2cc(O)ccc21. The van der Waals surface area contributed by atoms with Gasteiger partial charge in [-0.05, 0) is 37.3 Å². The first kappa shape index (κ1) is 13.5. The van der Waals surface area contributed by atoms with Crippen molar-refractivity contribution in [1.29, 1.82) is 0 Å². The van der Waals surface area contributed by atoms with E-state index in [1.807, 2.05) is 19.2 Å². The number of para-hydroxylation sites is 1. The van der Waals surface area contributed by atoms with Crippen LogP contribution in [0, 0.1) is 5.82 Å². The van der Waals surface area contributed by atoms with Crippen molar-refractivity contribution in [3.8, 4) is 11.5 Å². The van der Waals surface area contributed by atoms with Gasteiger partial charge in [-0.15, -0.1) is 0 Å². The molecule has 0 aliphatic carbocycles. The van der Waals surface area contributed by atoms with Gasteiger partial charge in [0, 0.05) is 29.2 Å². The summed E-state index contributed by atoms with van der Waals surface area (Å²) in [6.45, 7) is 3.13. The summed E-state index contributed by atoms with van der Waals surface area (Å²) in [4.78, 5) is 0. The van der Waals surface area contributed by atoms with Gasteiger partial charge >= 0.3 is 0 Å². The quantitative estimate of drug-likeness (QED) is 0.783. The van der Waals surface area contributed by atoms with Crippen LogP contribution in [0.15, 0.2) is 48.7 Å². The van der Waals surface area contributed by atoms with E-state index in [0.29, 0.717) is 0 Å². The van der Waals surface area contributed by atoms with Crippen LogP contribution in [0.5, 0.6) is 11.5 Å². The molecule has 1 N–H and O–H groups in total. The summed E-state index contributed by atoms with van der Waals surface area (Å²) in [5.74, 6) is 0.0677. The normalized spacial score (nSPS) is 11.0. The zero-order chi connectivity index (χ0) is 14.8. The van der Waals surface area contributed by atoms with Crippen LogP contribution < -0.4 is 4.74 Å². The topological polar surface area (TPSA) is 34.4 Å². The maximum atomic E-state index is 13.6. The van der Waals surface area contributed by atoms with Crippen molar-refractivity contribution >= 4 is 10.9 Å². The Morgan fingerprint density at radius 3 is 2.76 bits per heavy atom. The van der Waals surface area contributed by atoms with Gasteiger partial charge in [0.25, 0.3) is 0 Å². The molecule has 0 fully saturated rings. The number of hydrogen-bond acceptors (Lipinski definition) is 2. The Bertz CT molecular complexity index is 780. The van der Waals surface area contributed by atoms with Gasteiger partial charge in [-0.3, -0.25) is 0 Å². The number of aryl methyl sites for hydroxylation is 1. The molecule has 3 nitrogen and oxygen atoms in total. The molecule has 0 radical (unpaired) electrons. The van der Waals surface area contributed by atoms with E-state index in [-0.39, 0.29) is 23.9 Å². The predicted octanol–water partition coefficient (Wildman–Crippen LogP) is 4.08. The number of fused-ring (bicyclic) bond motifs is 1. The average Bonchev–Trinajstić information content (AvgIpc) is 2.83. The third kappa shape index (κ3) is 2.57. The molecule has 0 aliphatic rings. The molecule has 1 aromatic heterocycles. The first-order chi connectivity index (χ1) is 10.2. The van der Waals surface area contributed by atoms with Crippen molar-refractivity contribution in [2.24, 2.45) is 0 Å². The van der Waals surface area contributed by atoms with E-state index in [0.717, 1.165) is 23.0 Å². The van der Waals surface area contributed by atoms with Crippen LogP contribution in [0.1, 0.15) is 12.5 Å². The van der Waals surface area contributed by atoms with E-state index < -0.39 is 0 Å². The number of aromatic hydroxyl groups is 1. The van der Waals surface area contributed by atoms with Crippen LogP contribution in [0.3, 0.4) is 0 Å². The third-order valence-corrected chi connectivity index (χ3v) is 3.51. The first-order valence-electron chi connectivity index (χ1n) is 6.87. The highest BCUT2D eigenvalue weighted by molar-refractivity contribution is 5.85. The minimum atomic E-state index is -0.375. The largest absolute Gasteiger partial charge is 0.508 e. The van der Waals surface area contributed by atoms with Crippen molar-refractivity contribution in [3.05, 3.63) is 60.0 Å². The zero-order valence-corrected chi connectivity index (χ0v) is 11.7. The summed E-state index contributed by atoms with van der Waals surface area (Å²) in [5, 5.41) is 10.6. The van der Waals surface area contributed by atoms with Crippen molar-refractivity contribution in [1.82, 2.24) is 4.57 Å². The van der Waals surface area contributed by atoms with E-state index in [9.17, 15) is 9.50 Å². The molecular formula is C17H16FNO2. The zero-order valence-electron chi connectivity index (χ0n) is 11.7. The molecule has 3 rings (SSSR count). The molecule has 108 valence electrons. The molecule has 0 bridgehead atoms. The lowest BCUT2D eigenvalue weighted by atomic mass is 10.2. The number of nitrogens with zero attached hydrogens (tertiary/aromatic N) is 1. The van der Waals surface area contributed by atoms with Gasteiger partial charge in [0.2, 0.25) is 0 Å². The fourth-order valence-corrected chi connectivity index (χ4v) is 2.45. The summed E-state index contributed by atoms with van der Waals surface area (Å²) in [5.41, 5.74) is 1.95. The lowest BCUT2D eigenvalue weighted by Gasteiger charge is -2.06. The van der Waals surface area contributed by atoms with E-state index in [1.165, 1.54) is 6.07 Å². The highest BCUT2D eigenvalue weighted by Crippen LogP contribution is 2.27. The number of phenols is 1. The molecule has 3 aromatic rings. The average molecular weight is 285 g/mol. The van der Waals surface area contributed by atoms with Crippen molar-refractivity contribution < 1.29 is 14.2 Å². The molecule has 0 spiro atoms. The summed E-state index contributed by atoms with van der Waals surface area (Å²) in [6.07, 6.45) is 1.98. The number of aromatic nitrogens is 1. The molecule has 0 amide bonds. The van der Waals surface area contributed by atoms with Crippen LogP contribution in [-0.2, 0) is 13.2 Å². The standard InChI is InChI=1S/C17H16FNO2/c1-2-19-10-12(14-9-13(20)7-8-16(14)19)11-21-17-6-4-3-5-15(17)18/h3-10,20H,2,11H2,1H3. The van der Waals surface area contributed by atoms with Gasteiger partial charge in [-0.25, -0.2) is 4.39 Å². The summed E-state index contributed by atoms with van der Waals surface area (Å²) >= 11 is 0. The molecule has 21 heavy (non-hydrogen) atoms. The first-order valence-corrected chi connectivity index (χ1v) is 6.87. The van der Waals surface area contributed by atoms with E-state index >= 15 is 0 Å².